The molecule has 0 radical (unpaired) electrons. The minimum absolute atomic E-state index is 0.301. The molecule has 0 fully saturated rings. The zero-order chi connectivity index (χ0) is 12.8. The van der Waals surface area contributed by atoms with Crippen LogP contribution in [0.5, 0.6) is 5.75 Å². The third-order valence-electron chi connectivity index (χ3n) is 2.61. The lowest BCUT2D eigenvalue weighted by Gasteiger charge is -2.21. The van der Waals surface area contributed by atoms with Crippen LogP contribution in [0.3, 0.4) is 0 Å². The highest BCUT2D eigenvalue weighted by Crippen LogP contribution is 2.22. The molecule has 94 valence electrons. The summed E-state index contributed by atoms with van der Waals surface area (Å²) in [5, 5.41) is 0.582. The van der Waals surface area contributed by atoms with Gasteiger partial charge >= 0.3 is 0 Å². The van der Waals surface area contributed by atoms with Gasteiger partial charge in [0.05, 0.1) is 11.1 Å². The average Bonchev–Trinajstić information content (AvgIpc) is 2.30. The second-order valence-corrected chi connectivity index (χ2v) is 4.25. The number of ether oxygens (including phenoxy) is 1. The van der Waals surface area contributed by atoms with E-state index >= 15 is 0 Å². The molecule has 4 nitrogen and oxygen atoms in total. The van der Waals surface area contributed by atoms with Crippen LogP contribution in [0, 0.1) is 0 Å². The number of rotatable bonds is 6. The zero-order valence-electron chi connectivity index (χ0n) is 10.0. The number of likely N-dealkylation sites (N-methyl/N-ethyl adjacent to an activating group) is 1. The maximum Gasteiger partial charge on any atom is 0.234 e. The smallest absolute Gasteiger partial charge is 0.234 e. The number of carbonyl (C=O) groups excluding carboxylic acids is 1. The summed E-state index contributed by atoms with van der Waals surface area (Å²) in [5.74, 6) is 0.305. The normalized spacial score (nSPS) is 12.5. The Labute approximate surface area is 106 Å². The molecule has 0 aliphatic carbocycles. The van der Waals surface area contributed by atoms with Gasteiger partial charge in [0, 0.05) is 6.54 Å². The Bertz CT molecular complexity index is 385. The van der Waals surface area contributed by atoms with E-state index < -0.39 is 0 Å². The molecule has 1 unspecified atom stereocenters. The summed E-state index contributed by atoms with van der Waals surface area (Å²) >= 11 is 5.94. The molecule has 1 amide bonds. The molecule has 17 heavy (non-hydrogen) atoms. The molecule has 1 aromatic carbocycles. The SMILES string of the molecule is CC(C(N)=O)N(C)CCOc1ccccc1Cl. The third kappa shape index (κ3) is 4.24. The molecule has 0 aromatic heterocycles. The second-order valence-electron chi connectivity index (χ2n) is 3.84. The Hall–Kier alpha value is -1.26. The third-order valence-corrected chi connectivity index (χ3v) is 2.92. The topological polar surface area (TPSA) is 55.6 Å². The summed E-state index contributed by atoms with van der Waals surface area (Å²) in [4.78, 5) is 12.8. The van der Waals surface area contributed by atoms with Crippen LogP contribution in [0.4, 0.5) is 0 Å². The van der Waals surface area contributed by atoms with Gasteiger partial charge in [-0.2, -0.15) is 0 Å². The molecule has 0 saturated heterocycles. The largest absolute Gasteiger partial charge is 0.491 e. The Morgan fingerprint density at radius 2 is 2.18 bits per heavy atom. The van der Waals surface area contributed by atoms with Crippen LogP contribution in [0.25, 0.3) is 0 Å². The highest BCUT2D eigenvalue weighted by Gasteiger charge is 2.14. The minimum atomic E-state index is -0.342. The summed E-state index contributed by atoms with van der Waals surface area (Å²) in [5.41, 5.74) is 5.20. The van der Waals surface area contributed by atoms with Gasteiger partial charge in [-0.1, -0.05) is 23.7 Å². The maximum absolute atomic E-state index is 10.9. The molecule has 0 heterocycles. The zero-order valence-corrected chi connectivity index (χ0v) is 10.8. The van der Waals surface area contributed by atoms with Crippen molar-refractivity contribution in [2.24, 2.45) is 5.73 Å². The molecule has 0 saturated carbocycles. The highest BCUT2D eigenvalue weighted by molar-refractivity contribution is 6.32. The van der Waals surface area contributed by atoms with Crippen LogP contribution in [-0.2, 0) is 4.79 Å². The number of para-hydroxylation sites is 1. The minimum Gasteiger partial charge on any atom is -0.491 e. The summed E-state index contributed by atoms with van der Waals surface area (Å²) in [7, 11) is 1.82. The van der Waals surface area contributed by atoms with Crippen molar-refractivity contribution in [2.75, 3.05) is 20.2 Å². The van der Waals surface area contributed by atoms with Crippen molar-refractivity contribution in [1.82, 2.24) is 4.90 Å². The van der Waals surface area contributed by atoms with E-state index in [1.807, 2.05) is 24.1 Å². The van der Waals surface area contributed by atoms with Crippen molar-refractivity contribution in [3.8, 4) is 5.75 Å². The van der Waals surface area contributed by atoms with E-state index in [-0.39, 0.29) is 11.9 Å². The Morgan fingerprint density at radius 1 is 1.53 bits per heavy atom. The fourth-order valence-electron chi connectivity index (χ4n) is 1.27. The van der Waals surface area contributed by atoms with E-state index in [0.717, 1.165) is 0 Å². The lowest BCUT2D eigenvalue weighted by Crippen LogP contribution is -2.42. The molecule has 0 aliphatic rings. The summed E-state index contributed by atoms with van der Waals surface area (Å²) in [6, 6.07) is 6.98. The first-order valence-corrected chi connectivity index (χ1v) is 5.77. The van der Waals surface area contributed by atoms with Crippen LogP contribution in [0.15, 0.2) is 24.3 Å². The van der Waals surface area contributed by atoms with Crippen molar-refractivity contribution in [2.45, 2.75) is 13.0 Å². The molecule has 5 heteroatoms. The first kappa shape index (κ1) is 13.8. The molecule has 1 aromatic rings. The van der Waals surface area contributed by atoms with Gasteiger partial charge in [0.25, 0.3) is 0 Å². The van der Waals surface area contributed by atoms with E-state index in [4.69, 9.17) is 22.1 Å². The molecule has 0 bridgehead atoms. The van der Waals surface area contributed by atoms with Crippen LogP contribution < -0.4 is 10.5 Å². The Balaban J connectivity index is 2.38. The van der Waals surface area contributed by atoms with Crippen molar-refractivity contribution >= 4 is 17.5 Å². The molecule has 1 rings (SSSR count). The van der Waals surface area contributed by atoms with Gasteiger partial charge in [-0.15, -0.1) is 0 Å². The second kappa shape index (κ2) is 6.47. The number of nitrogens with two attached hydrogens (primary N) is 1. The maximum atomic E-state index is 10.9. The van der Waals surface area contributed by atoms with Gasteiger partial charge in [0.1, 0.15) is 12.4 Å². The molecule has 2 N–H and O–H groups in total. The predicted molar refractivity (Wildman–Crippen MR) is 68.2 cm³/mol. The van der Waals surface area contributed by atoms with Crippen LogP contribution in [0.2, 0.25) is 5.02 Å². The first-order chi connectivity index (χ1) is 8.02. The highest BCUT2D eigenvalue weighted by atomic mass is 35.5. The number of amides is 1. The van der Waals surface area contributed by atoms with Crippen molar-refractivity contribution in [3.63, 3.8) is 0 Å². The van der Waals surface area contributed by atoms with E-state index in [2.05, 4.69) is 0 Å². The fraction of sp³-hybridized carbons (Fsp3) is 0.417. The van der Waals surface area contributed by atoms with E-state index in [1.54, 1.807) is 19.1 Å². The summed E-state index contributed by atoms with van der Waals surface area (Å²) < 4.78 is 5.51. The number of hydrogen-bond acceptors (Lipinski definition) is 3. The predicted octanol–water partition coefficient (Wildman–Crippen LogP) is 1.52. The number of benzene rings is 1. The molecular formula is C12H17ClN2O2. The Kier molecular flexibility index (Phi) is 5.25. The van der Waals surface area contributed by atoms with Crippen molar-refractivity contribution < 1.29 is 9.53 Å². The quantitative estimate of drug-likeness (QED) is 0.840. The lowest BCUT2D eigenvalue weighted by molar-refractivity contribution is -0.122. The van der Waals surface area contributed by atoms with Gasteiger partial charge in [-0.3, -0.25) is 9.69 Å². The van der Waals surface area contributed by atoms with E-state index in [9.17, 15) is 4.79 Å². The van der Waals surface area contributed by atoms with Gasteiger partial charge in [0.15, 0.2) is 0 Å². The van der Waals surface area contributed by atoms with E-state index in [1.165, 1.54) is 0 Å². The van der Waals surface area contributed by atoms with Gasteiger partial charge in [-0.05, 0) is 26.1 Å². The fourth-order valence-corrected chi connectivity index (χ4v) is 1.46. The lowest BCUT2D eigenvalue weighted by atomic mass is 10.3. The summed E-state index contributed by atoms with van der Waals surface area (Å²) in [6.07, 6.45) is 0. The number of primary amides is 1. The standard InChI is InChI=1S/C12H17ClN2O2/c1-9(12(14)16)15(2)7-8-17-11-6-4-3-5-10(11)13/h3-6,9H,7-8H2,1-2H3,(H2,14,16). The number of carbonyl (C=O) groups is 1. The monoisotopic (exact) mass is 256 g/mol. The van der Waals surface area contributed by atoms with Crippen molar-refractivity contribution in [1.29, 1.82) is 0 Å². The number of halogens is 1. The molecule has 0 spiro atoms. The number of hydrogen-bond donors (Lipinski definition) is 1. The molecule has 0 aliphatic heterocycles. The number of nitrogens with zero attached hydrogens (tertiary/aromatic N) is 1. The van der Waals surface area contributed by atoms with E-state index in [0.29, 0.717) is 23.9 Å². The average molecular weight is 257 g/mol. The summed E-state index contributed by atoms with van der Waals surface area (Å²) in [6.45, 7) is 2.82. The van der Waals surface area contributed by atoms with Gasteiger partial charge in [0.2, 0.25) is 5.91 Å². The Morgan fingerprint density at radius 3 is 2.76 bits per heavy atom. The van der Waals surface area contributed by atoms with Crippen molar-refractivity contribution in [3.05, 3.63) is 29.3 Å². The van der Waals surface area contributed by atoms with Crippen LogP contribution >= 0.6 is 11.6 Å². The van der Waals surface area contributed by atoms with Gasteiger partial charge in [-0.25, -0.2) is 0 Å². The van der Waals surface area contributed by atoms with Gasteiger partial charge < -0.3 is 10.5 Å². The molecular weight excluding hydrogens is 240 g/mol. The van der Waals surface area contributed by atoms with Crippen LogP contribution in [-0.4, -0.2) is 37.0 Å². The molecule has 1 atom stereocenters. The first-order valence-electron chi connectivity index (χ1n) is 5.39. The van der Waals surface area contributed by atoms with Crippen LogP contribution in [0.1, 0.15) is 6.92 Å².